The third-order valence-corrected chi connectivity index (χ3v) is 12.4. The van der Waals surface area contributed by atoms with Gasteiger partial charge < -0.3 is 18.9 Å². The monoisotopic (exact) mass is 808 g/mol. The second kappa shape index (κ2) is 15.1. The standard InChI is InChI=1S/C56H42F2N4/c1-3-59-49-29-31-51(61(39-17-9-5-10-18-39)40-19-11-6-12-20-40)55-44-28-26-38(58)34-46(44)54(36-47(49)55)60(4-2)50-30-32-52(56-43-27-25-37(57)33-45(43)53(59)35-48(50)56)62(41-21-13-7-14-22-41)42-23-15-8-16-24-42/h5-36H,3-4H2,1-2H3. The highest BCUT2D eigenvalue weighted by molar-refractivity contribution is 6.26. The summed E-state index contributed by atoms with van der Waals surface area (Å²) >= 11 is 0. The Morgan fingerprint density at radius 1 is 0.339 bits per heavy atom. The van der Waals surface area contributed by atoms with Crippen molar-refractivity contribution in [2.45, 2.75) is 26.9 Å². The molecule has 1 aromatic heterocycles. The molecule has 0 radical (unpaired) electrons. The van der Waals surface area contributed by atoms with Gasteiger partial charge in [-0.15, -0.1) is 0 Å². The van der Waals surface area contributed by atoms with Crippen LogP contribution >= 0.6 is 0 Å². The lowest BCUT2D eigenvalue weighted by Gasteiger charge is -2.29. The van der Waals surface area contributed by atoms with E-state index in [1.54, 1.807) is 24.3 Å². The summed E-state index contributed by atoms with van der Waals surface area (Å²) < 4.78 is 36.3. The van der Waals surface area contributed by atoms with Gasteiger partial charge in [0.1, 0.15) is 11.6 Å². The van der Waals surface area contributed by atoms with Gasteiger partial charge in [-0.3, -0.25) is 0 Å². The number of hydrogen-bond donors (Lipinski definition) is 0. The smallest absolute Gasteiger partial charge is 0.123 e. The Hall–Kier alpha value is -7.70. The lowest BCUT2D eigenvalue weighted by Crippen LogP contribution is -2.12. The Kier molecular flexibility index (Phi) is 9.08. The first-order valence-electron chi connectivity index (χ1n) is 21.3. The van der Waals surface area contributed by atoms with Gasteiger partial charge in [-0.1, -0.05) is 84.9 Å². The fourth-order valence-electron chi connectivity index (χ4n) is 9.77. The number of aromatic nitrogens is 2. The second-order valence-corrected chi connectivity index (χ2v) is 15.7. The first-order chi connectivity index (χ1) is 30.5. The van der Waals surface area contributed by atoms with Gasteiger partial charge in [0.25, 0.3) is 0 Å². The Morgan fingerprint density at radius 2 is 0.677 bits per heavy atom. The van der Waals surface area contributed by atoms with Crippen molar-refractivity contribution in [2.75, 3.05) is 9.80 Å². The van der Waals surface area contributed by atoms with Gasteiger partial charge in [0, 0.05) is 90.2 Å². The van der Waals surface area contributed by atoms with Crippen LogP contribution in [0, 0.1) is 11.6 Å². The summed E-state index contributed by atoms with van der Waals surface area (Å²) in [5.41, 5.74) is 9.76. The van der Waals surface area contributed by atoms with Crippen LogP contribution in [-0.2, 0) is 13.1 Å². The zero-order valence-corrected chi connectivity index (χ0v) is 34.4. The lowest BCUT2D eigenvalue weighted by atomic mass is 9.95. The van der Waals surface area contributed by atoms with Crippen LogP contribution in [0.1, 0.15) is 13.8 Å². The number of rotatable bonds is 8. The minimum absolute atomic E-state index is 0.297. The van der Waals surface area contributed by atoms with Gasteiger partial charge in [-0.25, -0.2) is 8.78 Å². The quantitative estimate of drug-likeness (QED) is 0.142. The number of halogens is 2. The van der Waals surface area contributed by atoms with Crippen LogP contribution in [-0.4, -0.2) is 9.13 Å². The van der Waals surface area contributed by atoms with E-state index in [9.17, 15) is 0 Å². The highest BCUT2D eigenvalue weighted by Crippen LogP contribution is 2.47. The predicted octanol–water partition coefficient (Wildman–Crippen LogP) is 16.0. The molecule has 0 unspecified atom stereocenters. The van der Waals surface area contributed by atoms with Gasteiger partial charge in [-0.2, -0.15) is 0 Å². The van der Waals surface area contributed by atoms with E-state index in [0.29, 0.717) is 13.1 Å². The maximum atomic E-state index is 15.8. The Labute approximate surface area is 358 Å². The van der Waals surface area contributed by atoms with Crippen molar-refractivity contribution in [2.24, 2.45) is 0 Å². The number of benzene rings is 10. The van der Waals surface area contributed by atoms with E-state index in [1.165, 1.54) is 0 Å². The largest absolute Gasteiger partial charge is 0.341 e. The van der Waals surface area contributed by atoms with Crippen LogP contribution in [0.3, 0.4) is 0 Å². The highest BCUT2D eigenvalue weighted by atomic mass is 19.1. The zero-order valence-electron chi connectivity index (χ0n) is 34.4. The molecule has 0 aliphatic rings. The Morgan fingerprint density at radius 3 is 1.00 bits per heavy atom. The summed E-state index contributed by atoms with van der Waals surface area (Å²) in [6, 6.07) is 65.2. The molecule has 0 spiro atoms. The van der Waals surface area contributed by atoms with Crippen molar-refractivity contribution in [1.29, 1.82) is 0 Å². The molecule has 0 amide bonds. The third-order valence-electron chi connectivity index (χ3n) is 12.4. The number of hydrogen-bond acceptors (Lipinski definition) is 2. The molecule has 0 atom stereocenters. The molecule has 0 aliphatic carbocycles. The fraction of sp³-hybridized carbons (Fsp3) is 0.0714. The molecule has 0 saturated heterocycles. The van der Waals surface area contributed by atoms with Crippen molar-refractivity contribution in [3.8, 4) is 0 Å². The number of para-hydroxylation sites is 4. The van der Waals surface area contributed by atoms with Crippen LogP contribution in [0.5, 0.6) is 0 Å². The molecule has 1 heterocycles. The highest BCUT2D eigenvalue weighted by Gasteiger charge is 2.24. The lowest BCUT2D eigenvalue weighted by molar-refractivity contribution is 0.629. The number of anilines is 6. The van der Waals surface area contributed by atoms with Crippen LogP contribution in [0.25, 0.3) is 65.2 Å². The van der Waals surface area contributed by atoms with Crippen molar-refractivity contribution in [3.63, 3.8) is 0 Å². The van der Waals surface area contributed by atoms with Crippen molar-refractivity contribution in [1.82, 2.24) is 9.13 Å². The average Bonchev–Trinajstić information content (AvgIpc) is 3.31. The molecule has 62 heavy (non-hydrogen) atoms. The van der Waals surface area contributed by atoms with Crippen LogP contribution in [0.2, 0.25) is 0 Å². The summed E-state index contributed by atoms with van der Waals surface area (Å²) in [5, 5.41) is 7.53. The Bertz CT molecular complexity index is 3190. The summed E-state index contributed by atoms with van der Waals surface area (Å²) in [7, 11) is 0. The topological polar surface area (TPSA) is 16.3 Å². The normalized spacial score (nSPS) is 11.7. The van der Waals surface area contributed by atoms with Crippen molar-refractivity contribution < 1.29 is 8.78 Å². The minimum atomic E-state index is -0.297. The van der Waals surface area contributed by atoms with Gasteiger partial charge >= 0.3 is 0 Å². The molecule has 4 nitrogen and oxygen atoms in total. The molecule has 0 fully saturated rings. The third kappa shape index (κ3) is 5.93. The molecule has 4 bridgehead atoms. The van der Waals surface area contributed by atoms with E-state index in [4.69, 9.17) is 0 Å². The number of aryl methyl sites for hydroxylation is 2. The Balaban J connectivity index is 1.37. The predicted molar refractivity (Wildman–Crippen MR) is 257 cm³/mol. The van der Waals surface area contributed by atoms with E-state index in [0.717, 1.165) is 99.3 Å². The molecule has 0 N–H and O–H groups in total. The van der Waals surface area contributed by atoms with E-state index in [2.05, 4.69) is 166 Å². The number of fused-ring (bicyclic) bond motifs is 8. The molecule has 6 heteroatoms. The molecule has 11 rings (SSSR count). The summed E-state index contributed by atoms with van der Waals surface area (Å²) in [4.78, 5) is 4.57. The first kappa shape index (κ1) is 37.3. The van der Waals surface area contributed by atoms with Gasteiger partial charge in [-0.05, 0) is 134 Å². The van der Waals surface area contributed by atoms with E-state index >= 15 is 8.78 Å². The molecular formula is C56H42F2N4. The summed E-state index contributed by atoms with van der Waals surface area (Å²) in [6.45, 7) is 5.52. The van der Waals surface area contributed by atoms with Crippen molar-refractivity contribution >= 4 is 99.3 Å². The molecule has 0 aliphatic heterocycles. The van der Waals surface area contributed by atoms with E-state index in [-0.39, 0.29) is 11.6 Å². The van der Waals surface area contributed by atoms with Crippen LogP contribution < -0.4 is 9.80 Å². The van der Waals surface area contributed by atoms with Crippen molar-refractivity contribution in [3.05, 3.63) is 206 Å². The maximum absolute atomic E-state index is 15.8. The average molecular weight is 809 g/mol. The molecule has 300 valence electrons. The van der Waals surface area contributed by atoms with E-state index < -0.39 is 0 Å². The SMILES string of the molecule is CCn1c2cc3c(c(N(c4ccccc4)c4ccccc4)ccc3n(CC)c3cc4c(c(N(c5ccccc5)c5ccccc5)ccc41)c1ccc(F)cc13)c1ccc(F)cc12. The van der Waals surface area contributed by atoms with E-state index in [1.807, 2.05) is 36.4 Å². The van der Waals surface area contributed by atoms with Crippen LogP contribution in [0.4, 0.5) is 42.9 Å². The van der Waals surface area contributed by atoms with Gasteiger partial charge in [0.15, 0.2) is 0 Å². The maximum Gasteiger partial charge on any atom is 0.123 e. The molecule has 0 saturated carbocycles. The number of nitrogens with zero attached hydrogens (tertiary/aromatic N) is 4. The molecule has 10 aromatic carbocycles. The first-order valence-corrected chi connectivity index (χ1v) is 21.3. The molecule has 11 aromatic rings. The minimum Gasteiger partial charge on any atom is -0.341 e. The summed E-state index contributed by atoms with van der Waals surface area (Å²) in [6.07, 6.45) is 0. The molecular weight excluding hydrogens is 767 g/mol. The second-order valence-electron chi connectivity index (χ2n) is 15.7. The summed E-state index contributed by atoms with van der Waals surface area (Å²) in [5.74, 6) is -0.594. The zero-order chi connectivity index (χ0) is 41.9. The van der Waals surface area contributed by atoms with Crippen LogP contribution in [0.15, 0.2) is 194 Å². The van der Waals surface area contributed by atoms with Gasteiger partial charge in [0.2, 0.25) is 0 Å². The van der Waals surface area contributed by atoms with Gasteiger partial charge in [0.05, 0.1) is 11.4 Å². The fourth-order valence-corrected chi connectivity index (χ4v) is 9.77.